The van der Waals surface area contributed by atoms with Crippen LogP contribution in [0.15, 0.2) is 0 Å². The fraction of sp³-hybridized carbons (Fsp3) is 1.00. The fourth-order valence-electron chi connectivity index (χ4n) is 3.37. The highest BCUT2D eigenvalue weighted by atomic mass is 14.9. The van der Waals surface area contributed by atoms with Gasteiger partial charge in [-0.1, -0.05) is 13.8 Å². The highest BCUT2D eigenvalue weighted by Crippen LogP contribution is 2.40. The zero-order valence-electron chi connectivity index (χ0n) is 8.34. The van der Waals surface area contributed by atoms with Gasteiger partial charge >= 0.3 is 0 Å². The van der Waals surface area contributed by atoms with Crippen molar-refractivity contribution >= 4 is 0 Å². The number of piperidine rings is 1. The minimum absolute atomic E-state index is 0.973. The molecule has 0 aromatic heterocycles. The molecule has 0 amide bonds. The van der Waals surface area contributed by atoms with Crippen molar-refractivity contribution < 1.29 is 0 Å². The molecule has 70 valence electrons. The molecular formula is C11H21N. The Bertz CT molecular complexity index is 155. The Morgan fingerprint density at radius 3 is 2.83 bits per heavy atom. The summed E-state index contributed by atoms with van der Waals surface area (Å²) in [5.74, 6) is 4.00. The summed E-state index contributed by atoms with van der Waals surface area (Å²) in [6.45, 7) is 7.43. The lowest BCUT2D eigenvalue weighted by molar-refractivity contribution is 0.0932. The van der Waals surface area contributed by atoms with Gasteiger partial charge in [-0.3, -0.25) is 0 Å². The van der Waals surface area contributed by atoms with Gasteiger partial charge in [0.2, 0.25) is 0 Å². The van der Waals surface area contributed by atoms with Crippen LogP contribution >= 0.6 is 0 Å². The first-order valence-corrected chi connectivity index (χ1v) is 5.48. The Balaban J connectivity index is 2.01. The molecule has 1 N–H and O–H groups in total. The van der Waals surface area contributed by atoms with E-state index < -0.39 is 0 Å². The molecule has 0 bridgehead atoms. The molecule has 2 aliphatic rings. The van der Waals surface area contributed by atoms with Crippen molar-refractivity contribution in [2.75, 3.05) is 13.1 Å². The van der Waals surface area contributed by atoms with Crippen LogP contribution in [0, 0.1) is 23.7 Å². The number of rotatable bonds is 0. The first kappa shape index (κ1) is 8.55. The minimum atomic E-state index is 0.973. The van der Waals surface area contributed by atoms with E-state index in [0.717, 1.165) is 23.7 Å². The Morgan fingerprint density at radius 2 is 2.00 bits per heavy atom. The van der Waals surface area contributed by atoms with Crippen molar-refractivity contribution in [3.63, 3.8) is 0 Å². The molecule has 2 rings (SSSR count). The van der Waals surface area contributed by atoms with Crippen molar-refractivity contribution in [3.8, 4) is 0 Å². The molecule has 4 atom stereocenters. The van der Waals surface area contributed by atoms with E-state index in [4.69, 9.17) is 0 Å². The van der Waals surface area contributed by atoms with Gasteiger partial charge in [0, 0.05) is 0 Å². The van der Waals surface area contributed by atoms with Crippen LogP contribution in [0.2, 0.25) is 0 Å². The van der Waals surface area contributed by atoms with Crippen LogP contribution < -0.4 is 5.32 Å². The van der Waals surface area contributed by atoms with Crippen LogP contribution in [0.5, 0.6) is 0 Å². The third-order valence-corrected chi connectivity index (χ3v) is 3.88. The average Bonchev–Trinajstić information content (AvgIpc) is 2.04. The molecule has 4 unspecified atom stereocenters. The number of hydrogen-bond acceptors (Lipinski definition) is 1. The van der Waals surface area contributed by atoms with Crippen LogP contribution in [-0.4, -0.2) is 13.1 Å². The molecule has 0 aromatic carbocycles. The van der Waals surface area contributed by atoms with Gasteiger partial charge in [-0.05, 0) is 56.0 Å². The van der Waals surface area contributed by atoms with E-state index in [2.05, 4.69) is 19.2 Å². The molecule has 0 radical (unpaired) electrons. The molecule has 0 aromatic rings. The van der Waals surface area contributed by atoms with Crippen molar-refractivity contribution in [2.45, 2.75) is 33.1 Å². The Labute approximate surface area is 75.9 Å². The molecule has 2 fully saturated rings. The largest absolute Gasteiger partial charge is 0.316 e. The van der Waals surface area contributed by atoms with Crippen LogP contribution in [0.3, 0.4) is 0 Å². The Morgan fingerprint density at radius 1 is 1.17 bits per heavy atom. The number of nitrogens with one attached hydrogen (secondary N) is 1. The lowest BCUT2D eigenvalue weighted by Gasteiger charge is -2.42. The third-order valence-electron chi connectivity index (χ3n) is 3.88. The van der Waals surface area contributed by atoms with Crippen LogP contribution in [0.1, 0.15) is 33.1 Å². The topological polar surface area (TPSA) is 12.0 Å². The highest BCUT2D eigenvalue weighted by Gasteiger charge is 2.34. The summed E-state index contributed by atoms with van der Waals surface area (Å²) in [7, 11) is 0. The standard InChI is InChI=1S/C11H21N/c1-8-5-9(2)11-3-4-12-7-10(11)6-8/h8-12H,3-7H2,1-2H3. The average molecular weight is 167 g/mol. The Hall–Kier alpha value is -0.0400. The van der Waals surface area contributed by atoms with Gasteiger partial charge in [0.25, 0.3) is 0 Å². The molecule has 1 saturated heterocycles. The monoisotopic (exact) mass is 167 g/mol. The van der Waals surface area contributed by atoms with Crippen molar-refractivity contribution in [1.82, 2.24) is 5.32 Å². The molecule has 1 heteroatoms. The molecule has 1 heterocycles. The maximum absolute atomic E-state index is 3.53. The van der Waals surface area contributed by atoms with Gasteiger partial charge in [-0.25, -0.2) is 0 Å². The summed E-state index contributed by atoms with van der Waals surface area (Å²) >= 11 is 0. The Kier molecular flexibility index (Phi) is 2.40. The fourth-order valence-corrected chi connectivity index (χ4v) is 3.37. The van der Waals surface area contributed by atoms with Gasteiger partial charge in [0.1, 0.15) is 0 Å². The van der Waals surface area contributed by atoms with Crippen molar-refractivity contribution in [2.24, 2.45) is 23.7 Å². The van der Waals surface area contributed by atoms with Gasteiger partial charge < -0.3 is 5.32 Å². The maximum atomic E-state index is 3.53. The zero-order valence-corrected chi connectivity index (χ0v) is 8.34. The maximum Gasteiger partial charge on any atom is -0.00177 e. The van der Waals surface area contributed by atoms with E-state index in [-0.39, 0.29) is 0 Å². The summed E-state index contributed by atoms with van der Waals surface area (Å²) in [5, 5.41) is 3.53. The highest BCUT2D eigenvalue weighted by molar-refractivity contribution is 4.87. The van der Waals surface area contributed by atoms with Crippen molar-refractivity contribution in [1.29, 1.82) is 0 Å². The number of fused-ring (bicyclic) bond motifs is 1. The quantitative estimate of drug-likeness (QED) is 0.583. The van der Waals surface area contributed by atoms with Crippen LogP contribution in [0.25, 0.3) is 0 Å². The van der Waals surface area contributed by atoms with Gasteiger partial charge in [-0.15, -0.1) is 0 Å². The molecular weight excluding hydrogens is 146 g/mol. The second-order valence-electron chi connectivity index (χ2n) is 4.97. The van der Waals surface area contributed by atoms with Crippen molar-refractivity contribution in [3.05, 3.63) is 0 Å². The van der Waals surface area contributed by atoms with E-state index in [1.54, 1.807) is 0 Å². The lowest BCUT2D eigenvalue weighted by Crippen LogP contribution is -2.43. The smallest absolute Gasteiger partial charge is 0.00177 e. The second-order valence-corrected chi connectivity index (χ2v) is 4.97. The predicted molar refractivity (Wildman–Crippen MR) is 52.0 cm³/mol. The predicted octanol–water partition coefficient (Wildman–Crippen LogP) is 2.28. The second kappa shape index (κ2) is 3.37. The minimum Gasteiger partial charge on any atom is -0.316 e. The SMILES string of the molecule is CC1CC(C)C2CCNCC2C1. The van der Waals surface area contributed by atoms with Gasteiger partial charge in [-0.2, -0.15) is 0 Å². The van der Waals surface area contributed by atoms with Gasteiger partial charge in [0.15, 0.2) is 0 Å². The van der Waals surface area contributed by atoms with E-state index >= 15 is 0 Å². The molecule has 1 saturated carbocycles. The summed E-state index contributed by atoms with van der Waals surface area (Å²) in [4.78, 5) is 0. The molecule has 1 aliphatic carbocycles. The lowest BCUT2D eigenvalue weighted by atomic mass is 9.66. The van der Waals surface area contributed by atoms with Crippen LogP contribution in [0.4, 0.5) is 0 Å². The first-order valence-electron chi connectivity index (χ1n) is 5.48. The van der Waals surface area contributed by atoms with Gasteiger partial charge in [0.05, 0.1) is 0 Å². The molecule has 0 spiro atoms. The normalized spacial score (nSPS) is 48.5. The summed E-state index contributed by atoms with van der Waals surface area (Å²) < 4.78 is 0. The number of hydrogen-bond donors (Lipinski definition) is 1. The summed E-state index contributed by atoms with van der Waals surface area (Å²) in [6.07, 6.45) is 4.38. The first-order chi connectivity index (χ1) is 5.77. The molecule has 12 heavy (non-hydrogen) atoms. The molecule has 1 aliphatic heterocycles. The van der Waals surface area contributed by atoms with E-state index in [1.807, 2.05) is 0 Å². The summed E-state index contributed by atoms with van der Waals surface area (Å²) in [5.41, 5.74) is 0. The van der Waals surface area contributed by atoms with E-state index in [1.165, 1.54) is 32.4 Å². The van der Waals surface area contributed by atoms with E-state index in [9.17, 15) is 0 Å². The molecule has 1 nitrogen and oxygen atoms in total. The van der Waals surface area contributed by atoms with Crippen LogP contribution in [-0.2, 0) is 0 Å². The zero-order chi connectivity index (χ0) is 8.55. The third kappa shape index (κ3) is 1.52. The summed E-state index contributed by atoms with van der Waals surface area (Å²) in [6, 6.07) is 0. The van der Waals surface area contributed by atoms with E-state index in [0.29, 0.717) is 0 Å².